The molecule has 0 N–H and O–H groups in total. The van der Waals surface area contributed by atoms with Crippen molar-refractivity contribution < 1.29 is 24.4 Å². The normalized spacial score (nSPS) is 10.3. The summed E-state index contributed by atoms with van der Waals surface area (Å²) in [5, 5.41) is 4.36. The molecule has 0 radical (unpaired) electrons. The zero-order chi connectivity index (χ0) is 17.0. The lowest BCUT2D eigenvalue weighted by atomic mass is 10.0. The lowest BCUT2D eigenvalue weighted by Gasteiger charge is -2.08. The zero-order valence-electron chi connectivity index (χ0n) is 13.5. The van der Waals surface area contributed by atoms with E-state index in [0.29, 0.717) is 11.1 Å². The molecule has 0 heterocycles. The van der Waals surface area contributed by atoms with Crippen molar-refractivity contribution in [3.05, 3.63) is 69.8 Å². The van der Waals surface area contributed by atoms with Crippen LogP contribution in [0.3, 0.4) is 0 Å². The number of benzene rings is 2. The number of hydrogen-bond acceptors (Lipinski definition) is 5. The van der Waals surface area contributed by atoms with Gasteiger partial charge in [-0.1, -0.05) is 24.3 Å². The van der Waals surface area contributed by atoms with Crippen LogP contribution in [0.15, 0.2) is 36.4 Å². The second-order valence-corrected chi connectivity index (χ2v) is 5.30. The first-order valence-corrected chi connectivity index (χ1v) is 7.14. The monoisotopic (exact) mass is 314 g/mol. The highest BCUT2D eigenvalue weighted by Crippen LogP contribution is 2.16. The Hall–Kier alpha value is -2.66. The Morgan fingerprint density at radius 2 is 1.09 bits per heavy atom. The molecule has 0 atom stereocenters. The van der Waals surface area contributed by atoms with Crippen molar-refractivity contribution in [2.45, 2.75) is 27.7 Å². The molecule has 0 aromatic heterocycles. The van der Waals surface area contributed by atoms with Gasteiger partial charge in [0.1, 0.15) is 0 Å². The third kappa shape index (κ3) is 3.76. The fourth-order valence-electron chi connectivity index (χ4n) is 2.11. The molecular weight excluding hydrogens is 296 g/mol. The van der Waals surface area contributed by atoms with Crippen LogP contribution in [0.2, 0.25) is 0 Å². The van der Waals surface area contributed by atoms with E-state index in [4.69, 9.17) is 0 Å². The molecular formula is C18H18O5. The van der Waals surface area contributed by atoms with Crippen LogP contribution in [0, 0.1) is 27.7 Å². The maximum absolute atomic E-state index is 11.9. The van der Waals surface area contributed by atoms with Crippen molar-refractivity contribution in [2.24, 2.45) is 0 Å². The van der Waals surface area contributed by atoms with E-state index >= 15 is 0 Å². The quantitative estimate of drug-likeness (QED) is 0.635. The van der Waals surface area contributed by atoms with Crippen LogP contribution < -0.4 is 0 Å². The molecule has 0 spiro atoms. The maximum Gasteiger partial charge on any atom is 0.377 e. The zero-order valence-corrected chi connectivity index (χ0v) is 13.5. The largest absolute Gasteiger partial charge is 0.377 e. The molecule has 0 bridgehead atoms. The van der Waals surface area contributed by atoms with E-state index in [1.807, 2.05) is 26.0 Å². The summed E-state index contributed by atoms with van der Waals surface area (Å²) in [7, 11) is 0. The highest BCUT2D eigenvalue weighted by Gasteiger charge is 2.17. The Morgan fingerprint density at radius 3 is 1.48 bits per heavy atom. The van der Waals surface area contributed by atoms with Crippen molar-refractivity contribution in [2.75, 3.05) is 0 Å². The number of carbonyl (C=O) groups excluding carboxylic acids is 2. The van der Waals surface area contributed by atoms with Gasteiger partial charge in [-0.3, -0.25) is 9.78 Å². The van der Waals surface area contributed by atoms with Gasteiger partial charge in [0.25, 0.3) is 0 Å². The topological polar surface area (TPSA) is 61.8 Å². The molecule has 2 rings (SSSR count). The second-order valence-electron chi connectivity index (χ2n) is 5.30. The van der Waals surface area contributed by atoms with Gasteiger partial charge in [0.15, 0.2) is 0 Å². The van der Waals surface area contributed by atoms with E-state index in [2.05, 4.69) is 14.8 Å². The minimum absolute atomic E-state index is 0.354. The molecule has 0 amide bonds. The summed E-state index contributed by atoms with van der Waals surface area (Å²) < 4.78 is 0. The van der Waals surface area contributed by atoms with E-state index in [9.17, 15) is 9.59 Å². The molecule has 0 unspecified atom stereocenters. The Kier molecular flexibility index (Phi) is 5.13. The molecule has 5 nitrogen and oxygen atoms in total. The van der Waals surface area contributed by atoms with Gasteiger partial charge in [0.05, 0.1) is 11.1 Å². The molecule has 0 aliphatic rings. The maximum atomic E-state index is 11.9. The average Bonchev–Trinajstić information content (AvgIpc) is 2.52. The van der Waals surface area contributed by atoms with Gasteiger partial charge < -0.3 is 0 Å². The number of hydrogen-bond donors (Lipinski definition) is 0. The van der Waals surface area contributed by atoms with Crippen molar-refractivity contribution in [3.63, 3.8) is 0 Å². The molecule has 120 valence electrons. The van der Waals surface area contributed by atoms with Crippen LogP contribution in [-0.2, 0) is 14.8 Å². The number of rotatable bonds is 4. The first kappa shape index (κ1) is 16.7. The lowest BCUT2D eigenvalue weighted by Crippen LogP contribution is -2.13. The van der Waals surface area contributed by atoms with E-state index in [1.165, 1.54) is 0 Å². The van der Waals surface area contributed by atoms with Crippen LogP contribution >= 0.6 is 0 Å². The molecule has 0 saturated heterocycles. The van der Waals surface area contributed by atoms with Crippen LogP contribution in [0.5, 0.6) is 0 Å². The van der Waals surface area contributed by atoms with Gasteiger partial charge in [-0.05, 0) is 62.1 Å². The molecule has 0 aliphatic carbocycles. The van der Waals surface area contributed by atoms with Gasteiger partial charge in [0.2, 0.25) is 0 Å². The first-order valence-electron chi connectivity index (χ1n) is 7.14. The number of aryl methyl sites for hydroxylation is 2. The van der Waals surface area contributed by atoms with Crippen molar-refractivity contribution >= 4 is 11.9 Å². The van der Waals surface area contributed by atoms with Gasteiger partial charge in [-0.25, -0.2) is 9.59 Å². The van der Waals surface area contributed by atoms with Crippen LogP contribution in [-0.4, -0.2) is 11.9 Å². The summed E-state index contributed by atoms with van der Waals surface area (Å²) in [6.07, 6.45) is 0. The fraction of sp³-hybridized carbons (Fsp3) is 0.222. The average molecular weight is 314 g/mol. The summed E-state index contributed by atoms with van der Waals surface area (Å²) >= 11 is 0. The van der Waals surface area contributed by atoms with E-state index < -0.39 is 11.9 Å². The first-order chi connectivity index (χ1) is 10.9. The van der Waals surface area contributed by atoms with Crippen LogP contribution in [0.4, 0.5) is 0 Å². The smallest absolute Gasteiger partial charge is 0.254 e. The molecule has 0 fully saturated rings. The third-order valence-electron chi connectivity index (χ3n) is 3.87. The summed E-state index contributed by atoms with van der Waals surface area (Å²) in [4.78, 5) is 32.9. The fourth-order valence-corrected chi connectivity index (χ4v) is 2.11. The molecule has 2 aromatic carbocycles. The van der Waals surface area contributed by atoms with Crippen molar-refractivity contribution in [1.29, 1.82) is 0 Å². The minimum atomic E-state index is -0.722. The highest BCUT2D eigenvalue weighted by atomic mass is 17.5. The summed E-state index contributed by atoms with van der Waals surface area (Å²) in [6, 6.07) is 10.5. The van der Waals surface area contributed by atoms with Crippen molar-refractivity contribution in [3.8, 4) is 0 Å². The molecule has 23 heavy (non-hydrogen) atoms. The second kappa shape index (κ2) is 7.07. The Bertz CT molecular complexity index is 686. The molecule has 0 aliphatic heterocycles. The third-order valence-corrected chi connectivity index (χ3v) is 3.87. The number of carbonyl (C=O) groups is 2. The summed E-state index contributed by atoms with van der Waals surface area (Å²) in [6.45, 7) is 7.36. The van der Waals surface area contributed by atoms with Crippen molar-refractivity contribution in [1.82, 2.24) is 0 Å². The molecule has 5 heteroatoms. The van der Waals surface area contributed by atoms with Gasteiger partial charge >= 0.3 is 11.9 Å². The predicted octanol–water partition coefficient (Wildman–Crippen LogP) is 3.78. The SMILES string of the molecule is Cc1cccc(C(=O)OOOC(=O)c2cccc(C)c2C)c1C. The molecule has 2 aromatic rings. The summed E-state index contributed by atoms with van der Waals surface area (Å²) in [5.74, 6) is -1.44. The Morgan fingerprint density at radius 1 is 0.696 bits per heavy atom. The summed E-state index contributed by atoms with van der Waals surface area (Å²) in [5.41, 5.74) is 4.17. The van der Waals surface area contributed by atoms with Crippen LogP contribution in [0.25, 0.3) is 0 Å². The van der Waals surface area contributed by atoms with Gasteiger partial charge in [-0.2, -0.15) is 0 Å². The standard InChI is InChI=1S/C18H18O5/c1-11-7-5-9-15(13(11)3)17(19)21-23-22-18(20)16-10-6-8-12(2)14(16)4/h5-10H,1-4H3. The van der Waals surface area contributed by atoms with E-state index in [-0.39, 0.29) is 0 Å². The molecule has 0 saturated carbocycles. The minimum Gasteiger partial charge on any atom is -0.254 e. The van der Waals surface area contributed by atoms with Crippen LogP contribution in [0.1, 0.15) is 43.0 Å². The van der Waals surface area contributed by atoms with Gasteiger partial charge in [-0.15, -0.1) is 0 Å². The highest BCUT2D eigenvalue weighted by molar-refractivity contribution is 5.92. The van der Waals surface area contributed by atoms with E-state index in [0.717, 1.165) is 22.3 Å². The Labute approximate surface area is 134 Å². The van der Waals surface area contributed by atoms with E-state index in [1.54, 1.807) is 38.1 Å². The predicted molar refractivity (Wildman–Crippen MR) is 83.7 cm³/mol. The lowest BCUT2D eigenvalue weighted by molar-refractivity contribution is -0.446. The Balaban J connectivity index is 1.97. The van der Waals surface area contributed by atoms with Gasteiger partial charge in [0, 0.05) is 5.04 Å².